The number of hydrogen-bond acceptors (Lipinski definition) is 3. The van der Waals surface area contributed by atoms with Crippen LogP contribution in [-0.4, -0.2) is 34.4 Å². The van der Waals surface area contributed by atoms with Gasteiger partial charge in [-0.3, -0.25) is 14.7 Å². The van der Waals surface area contributed by atoms with Gasteiger partial charge < -0.3 is 5.32 Å². The summed E-state index contributed by atoms with van der Waals surface area (Å²) in [5.41, 5.74) is -1.52. The van der Waals surface area contributed by atoms with Crippen LogP contribution in [0.3, 0.4) is 0 Å². The van der Waals surface area contributed by atoms with Crippen molar-refractivity contribution in [3.05, 3.63) is 59.9 Å². The number of alkyl halides is 4. The highest BCUT2D eigenvalue weighted by Crippen LogP contribution is 2.47. The second kappa shape index (κ2) is 7.40. The highest BCUT2D eigenvalue weighted by Gasteiger charge is 2.50. The summed E-state index contributed by atoms with van der Waals surface area (Å²) in [5.74, 6) is -0.314. The van der Waals surface area contributed by atoms with Crippen molar-refractivity contribution in [1.29, 1.82) is 0 Å². The maximum Gasteiger partial charge on any atom is 0.416 e. The SMILES string of the molecule is O=C(CN1C2CCC1CC(F)(c1ccccn1)C2)Nc1ccc(C(F)(F)F)cc1. The average molecular weight is 407 g/mol. The molecule has 2 saturated heterocycles. The van der Waals surface area contributed by atoms with E-state index in [4.69, 9.17) is 0 Å². The van der Waals surface area contributed by atoms with Crippen LogP contribution in [0, 0.1) is 0 Å². The molecule has 2 aliphatic heterocycles. The fourth-order valence-corrected chi connectivity index (χ4v) is 4.49. The van der Waals surface area contributed by atoms with E-state index in [1.54, 1.807) is 24.4 Å². The number of benzene rings is 1. The predicted octanol–water partition coefficient (Wildman–Crippen LogP) is 4.53. The minimum Gasteiger partial charge on any atom is -0.325 e. The fraction of sp³-hybridized carbons (Fsp3) is 0.429. The number of anilines is 1. The van der Waals surface area contributed by atoms with Crippen molar-refractivity contribution < 1.29 is 22.4 Å². The molecule has 4 rings (SSSR count). The zero-order valence-corrected chi connectivity index (χ0v) is 15.6. The van der Waals surface area contributed by atoms with E-state index in [1.165, 1.54) is 12.1 Å². The number of hydrogen-bond donors (Lipinski definition) is 1. The molecule has 1 aromatic carbocycles. The molecule has 2 fully saturated rings. The highest BCUT2D eigenvalue weighted by molar-refractivity contribution is 5.92. The van der Waals surface area contributed by atoms with Crippen molar-refractivity contribution in [3.63, 3.8) is 0 Å². The number of aromatic nitrogens is 1. The van der Waals surface area contributed by atoms with Gasteiger partial charge in [0.1, 0.15) is 0 Å². The number of halogens is 4. The Morgan fingerprint density at radius 1 is 1.10 bits per heavy atom. The minimum atomic E-state index is -4.41. The first-order valence-corrected chi connectivity index (χ1v) is 9.58. The molecule has 2 atom stereocenters. The number of carbonyl (C=O) groups excluding carboxylic acids is 1. The topological polar surface area (TPSA) is 45.2 Å². The molecule has 1 N–H and O–H groups in total. The van der Waals surface area contributed by atoms with Gasteiger partial charge in [0.05, 0.1) is 17.8 Å². The van der Waals surface area contributed by atoms with Gasteiger partial charge in [-0.2, -0.15) is 13.2 Å². The summed E-state index contributed by atoms with van der Waals surface area (Å²) in [6.45, 7) is 0.0919. The van der Waals surface area contributed by atoms with Crippen molar-refractivity contribution in [2.24, 2.45) is 0 Å². The summed E-state index contributed by atoms with van der Waals surface area (Å²) >= 11 is 0. The Morgan fingerprint density at radius 2 is 1.76 bits per heavy atom. The highest BCUT2D eigenvalue weighted by atomic mass is 19.4. The first-order valence-electron chi connectivity index (χ1n) is 9.58. The molecule has 29 heavy (non-hydrogen) atoms. The number of nitrogens with zero attached hydrogens (tertiary/aromatic N) is 2. The molecule has 0 spiro atoms. The monoisotopic (exact) mass is 407 g/mol. The van der Waals surface area contributed by atoms with Crippen molar-refractivity contribution in [2.75, 3.05) is 11.9 Å². The molecule has 1 amide bonds. The molecule has 2 unspecified atom stereocenters. The Bertz CT molecular complexity index is 856. The van der Waals surface area contributed by atoms with Gasteiger partial charge in [0, 0.05) is 36.8 Å². The number of pyridine rings is 1. The Labute approximate surface area is 165 Å². The molecular weight excluding hydrogens is 386 g/mol. The quantitative estimate of drug-likeness (QED) is 0.758. The summed E-state index contributed by atoms with van der Waals surface area (Å²) in [6.07, 6.45) is -0.625. The second-order valence-electron chi connectivity index (χ2n) is 7.77. The van der Waals surface area contributed by atoms with E-state index in [2.05, 4.69) is 10.3 Å². The van der Waals surface area contributed by atoms with Gasteiger partial charge in [-0.1, -0.05) is 6.07 Å². The van der Waals surface area contributed by atoms with Gasteiger partial charge in [-0.15, -0.1) is 0 Å². The van der Waals surface area contributed by atoms with E-state index in [1.807, 2.05) is 4.90 Å². The molecule has 3 heterocycles. The number of amides is 1. The van der Waals surface area contributed by atoms with Crippen LogP contribution in [0.2, 0.25) is 0 Å². The molecule has 4 nitrogen and oxygen atoms in total. The van der Waals surface area contributed by atoms with Crippen LogP contribution >= 0.6 is 0 Å². The van der Waals surface area contributed by atoms with Crippen molar-refractivity contribution in [3.8, 4) is 0 Å². The maximum absolute atomic E-state index is 15.6. The summed E-state index contributed by atoms with van der Waals surface area (Å²) in [4.78, 5) is 18.6. The minimum absolute atomic E-state index is 0.0564. The molecule has 2 aromatic rings. The molecule has 1 aromatic heterocycles. The van der Waals surface area contributed by atoms with E-state index < -0.39 is 17.4 Å². The zero-order valence-electron chi connectivity index (χ0n) is 15.6. The maximum atomic E-state index is 15.6. The summed E-state index contributed by atoms with van der Waals surface area (Å²) in [7, 11) is 0. The van der Waals surface area contributed by atoms with Gasteiger partial charge in [0.15, 0.2) is 5.67 Å². The van der Waals surface area contributed by atoms with Crippen LogP contribution in [0.5, 0.6) is 0 Å². The molecule has 0 radical (unpaired) electrons. The van der Waals surface area contributed by atoms with Gasteiger partial charge in [-0.25, -0.2) is 4.39 Å². The van der Waals surface area contributed by atoms with Gasteiger partial charge in [-0.05, 0) is 49.2 Å². The van der Waals surface area contributed by atoms with Crippen LogP contribution in [0.1, 0.15) is 36.9 Å². The van der Waals surface area contributed by atoms with Crippen LogP contribution in [0.4, 0.5) is 23.2 Å². The largest absolute Gasteiger partial charge is 0.416 e. The number of fused-ring (bicyclic) bond motifs is 2. The lowest BCUT2D eigenvalue weighted by atomic mass is 9.84. The van der Waals surface area contributed by atoms with Crippen molar-refractivity contribution in [2.45, 2.75) is 49.6 Å². The first-order chi connectivity index (χ1) is 13.7. The molecule has 0 saturated carbocycles. The average Bonchev–Trinajstić information content (AvgIpc) is 2.92. The smallest absolute Gasteiger partial charge is 0.325 e. The van der Waals surface area contributed by atoms with Gasteiger partial charge >= 0.3 is 6.18 Å². The lowest BCUT2D eigenvalue weighted by Gasteiger charge is -2.41. The molecule has 0 aliphatic carbocycles. The van der Waals surface area contributed by atoms with Gasteiger partial charge in [0.25, 0.3) is 0 Å². The van der Waals surface area contributed by atoms with E-state index in [-0.39, 0.29) is 37.4 Å². The third-order valence-corrected chi connectivity index (χ3v) is 5.84. The summed E-state index contributed by atoms with van der Waals surface area (Å²) < 4.78 is 53.5. The summed E-state index contributed by atoms with van der Waals surface area (Å²) in [6, 6.07) is 9.45. The third kappa shape index (κ3) is 4.12. The standard InChI is InChI=1S/C21H21F4N3O/c22-20(18-3-1-2-10-26-18)11-16-8-9-17(12-20)28(16)13-19(29)27-15-6-4-14(5-7-15)21(23,24)25/h1-7,10,16-17H,8-9,11-13H2,(H,27,29). The zero-order chi connectivity index (χ0) is 20.6. The lowest BCUT2D eigenvalue weighted by molar-refractivity contribution is -0.137. The van der Waals surface area contributed by atoms with Crippen LogP contribution in [0.25, 0.3) is 0 Å². The molecule has 2 aliphatic rings. The molecule has 154 valence electrons. The third-order valence-electron chi connectivity index (χ3n) is 5.84. The second-order valence-corrected chi connectivity index (χ2v) is 7.77. The Kier molecular flexibility index (Phi) is 5.06. The van der Waals surface area contributed by atoms with Gasteiger partial charge in [0.2, 0.25) is 5.91 Å². The van der Waals surface area contributed by atoms with E-state index >= 15 is 4.39 Å². The van der Waals surface area contributed by atoms with Crippen LogP contribution in [-0.2, 0) is 16.6 Å². The predicted molar refractivity (Wildman–Crippen MR) is 99.8 cm³/mol. The molecule has 8 heteroatoms. The Balaban J connectivity index is 1.39. The number of piperidine rings is 1. The van der Waals surface area contributed by atoms with E-state index in [0.29, 0.717) is 11.4 Å². The Hall–Kier alpha value is -2.48. The Morgan fingerprint density at radius 3 is 2.31 bits per heavy atom. The lowest BCUT2D eigenvalue weighted by Crippen LogP contribution is -2.50. The van der Waals surface area contributed by atoms with Crippen molar-refractivity contribution in [1.82, 2.24) is 9.88 Å². The van der Waals surface area contributed by atoms with Crippen LogP contribution < -0.4 is 5.32 Å². The molecular formula is C21H21F4N3O. The summed E-state index contributed by atoms with van der Waals surface area (Å²) in [5, 5.41) is 2.64. The van der Waals surface area contributed by atoms with Crippen LogP contribution in [0.15, 0.2) is 48.7 Å². The number of rotatable bonds is 4. The first kappa shape index (κ1) is 19.8. The van der Waals surface area contributed by atoms with E-state index in [9.17, 15) is 18.0 Å². The molecule has 2 bridgehead atoms. The van der Waals surface area contributed by atoms with Crippen molar-refractivity contribution >= 4 is 11.6 Å². The fourth-order valence-electron chi connectivity index (χ4n) is 4.49. The van der Waals surface area contributed by atoms with E-state index in [0.717, 1.165) is 25.0 Å². The number of nitrogens with one attached hydrogen (secondary N) is 1. The normalized spacial score (nSPS) is 27.0. The number of carbonyl (C=O) groups is 1.